The van der Waals surface area contributed by atoms with Gasteiger partial charge in [0.05, 0.1) is 27.2 Å². The van der Waals surface area contributed by atoms with Gasteiger partial charge in [0.15, 0.2) is 16.6 Å². The molecule has 0 radical (unpaired) electrons. The fraction of sp³-hybridized carbons (Fsp3) is 0.429. The first-order valence-corrected chi connectivity index (χ1v) is 6.94. The fourth-order valence-electron chi connectivity index (χ4n) is 1.60. The molecule has 2 N–H and O–H groups in total. The Hall–Kier alpha value is -2.02. The van der Waals surface area contributed by atoms with Crippen LogP contribution in [0.15, 0.2) is 18.2 Å². The maximum atomic E-state index is 11.2. The van der Waals surface area contributed by atoms with Crippen molar-refractivity contribution >= 4 is 29.0 Å². The van der Waals surface area contributed by atoms with Gasteiger partial charge in [-0.15, -0.1) is 0 Å². The van der Waals surface area contributed by atoms with Crippen molar-refractivity contribution in [3.63, 3.8) is 0 Å². The summed E-state index contributed by atoms with van der Waals surface area (Å²) in [5, 5.41) is 6.36. The molecule has 0 aliphatic carbocycles. The molecule has 116 valence electrons. The highest BCUT2D eigenvalue weighted by Gasteiger charge is 2.06. The van der Waals surface area contributed by atoms with Crippen molar-refractivity contribution < 1.29 is 19.0 Å². The van der Waals surface area contributed by atoms with E-state index in [9.17, 15) is 4.79 Å². The quantitative estimate of drug-likeness (QED) is 0.589. The van der Waals surface area contributed by atoms with E-state index >= 15 is 0 Å². The second-order valence-electron chi connectivity index (χ2n) is 4.01. The van der Waals surface area contributed by atoms with E-state index < -0.39 is 0 Å². The molecular weight excluding hydrogens is 292 g/mol. The molecule has 0 atom stereocenters. The summed E-state index contributed by atoms with van der Waals surface area (Å²) in [6.45, 7) is 2.57. The number of thiocarbonyl (C=S) groups is 1. The van der Waals surface area contributed by atoms with Crippen molar-refractivity contribution in [2.45, 2.75) is 13.3 Å². The number of esters is 1. The zero-order chi connectivity index (χ0) is 15.7. The van der Waals surface area contributed by atoms with Crippen molar-refractivity contribution in [3.8, 4) is 11.5 Å². The molecule has 21 heavy (non-hydrogen) atoms. The Bertz CT molecular complexity index is 494. The normalized spacial score (nSPS) is 9.67. The number of hydrogen-bond donors (Lipinski definition) is 2. The van der Waals surface area contributed by atoms with Gasteiger partial charge in [0.1, 0.15) is 0 Å². The molecule has 0 saturated heterocycles. The first kappa shape index (κ1) is 17.0. The van der Waals surface area contributed by atoms with Gasteiger partial charge < -0.3 is 24.8 Å². The fourth-order valence-corrected chi connectivity index (χ4v) is 1.82. The highest BCUT2D eigenvalue weighted by Crippen LogP contribution is 2.29. The summed E-state index contributed by atoms with van der Waals surface area (Å²) in [6, 6.07) is 5.38. The molecule has 0 unspecified atom stereocenters. The summed E-state index contributed by atoms with van der Waals surface area (Å²) in [7, 11) is 3.14. The summed E-state index contributed by atoms with van der Waals surface area (Å²) in [4.78, 5) is 11.2. The second-order valence-corrected chi connectivity index (χ2v) is 4.41. The second kappa shape index (κ2) is 9.02. The molecule has 0 aliphatic rings. The maximum Gasteiger partial charge on any atom is 0.307 e. The zero-order valence-corrected chi connectivity index (χ0v) is 13.2. The molecule has 0 aliphatic heterocycles. The lowest BCUT2D eigenvalue weighted by Crippen LogP contribution is -2.30. The van der Waals surface area contributed by atoms with Gasteiger partial charge in [-0.25, -0.2) is 0 Å². The van der Waals surface area contributed by atoms with Crippen LogP contribution in [0, 0.1) is 0 Å². The number of nitrogens with one attached hydrogen (secondary N) is 2. The van der Waals surface area contributed by atoms with Crippen LogP contribution in [0.2, 0.25) is 0 Å². The largest absolute Gasteiger partial charge is 0.493 e. The molecule has 6 nitrogen and oxygen atoms in total. The lowest BCUT2D eigenvalue weighted by molar-refractivity contribution is -0.142. The molecule has 1 aromatic rings. The molecule has 0 spiro atoms. The van der Waals surface area contributed by atoms with E-state index in [1.807, 2.05) is 6.07 Å². The Morgan fingerprint density at radius 1 is 1.24 bits per heavy atom. The van der Waals surface area contributed by atoms with Crippen LogP contribution >= 0.6 is 12.2 Å². The van der Waals surface area contributed by atoms with E-state index in [1.54, 1.807) is 33.3 Å². The van der Waals surface area contributed by atoms with Gasteiger partial charge in [-0.1, -0.05) is 0 Å². The molecule has 0 bridgehead atoms. The molecule has 0 heterocycles. The first-order valence-electron chi connectivity index (χ1n) is 6.53. The van der Waals surface area contributed by atoms with E-state index in [0.717, 1.165) is 5.69 Å². The molecule has 0 amide bonds. The summed E-state index contributed by atoms with van der Waals surface area (Å²) < 4.78 is 15.2. The van der Waals surface area contributed by atoms with Gasteiger partial charge in [0.25, 0.3) is 0 Å². The Kier molecular flexibility index (Phi) is 7.31. The van der Waals surface area contributed by atoms with Gasteiger partial charge in [0.2, 0.25) is 0 Å². The summed E-state index contributed by atoms with van der Waals surface area (Å²) in [5.41, 5.74) is 0.765. The third-order valence-corrected chi connectivity index (χ3v) is 2.81. The Morgan fingerprint density at radius 2 is 1.95 bits per heavy atom. The van der Waals surface area contributed by atoms with Crippen molar-refractivity contribution in [1.29, 1.82) is 0 Å². The van der Waals surface area contributed by atoms with Gasteiger partial charge in [-0.2, -0.15) is 0 Å². The third-order valence-electron chi connectivity index (χ3n) is 2.56. The number of anilines is 1. The molecule has 0 saturated carbocycles. The van der Waals surface area contributed by atoms with Crippen LogP contribution in [0.3, 0.4) is 0 Å². The van der Waals surface area contributed by atoms with Gasteiger partial charge in [0, 0.05) is 18.3 Å². The Labute approximate surface area is 129 Å². The molecule has 1 rings (SSSR count). The van der Waals surface area contributed by atoms with Crippen molar-refractivity contribution in [1.82, 2.24) is 5.32 Å². The van der Waals surface area contributed by atoms with Gasteiger partial charge in [-0.3, -0.25) is 4.79 Å². The predicted molar refractivity (Wildman–Crippen MR) is 85.0 cm³/mol. The lowest BCUT2D eigenvalue weighted by atomic mass is 10.3. The summed E-state index contributed by atoms with van der Waals surface area (Å²) >= 11 is 5.15. The number of rotatable bonds is 7. The number of methoxy groups -OCH3 is 2. The van der Waals surface area contributed by atoms with Crippen molar-refractivity contribution in [3.05, 3.63) is 18.2 Å². The van der Waals surface area contributed by atoms with E-state index in [0.29, 0.717) is 29.8 Å². The smallest absolute Gasteiger partial charge is 0.307 e. The van der Waals surface area contributed by atoms with E-state index in [4.69, 9.17) is 26.4 Å². The third kappa shape index (κ3) is 5.86. The van der Waals surface area contributed by atoms with Crippen molar-refractivity contribution in [2.75, 3.05) is 32.7 Å². The number of carbonyl (C=O) groups excluding carboxylic acids is 1. The molecular formula is C14H20N2O4S. The maximum absolute atomic E-state index is 11.2. The van der Waals surface area contributed by atoms with Crippen LogP contribution in [0.5, 0.6) is 11.5 Å². The molecule has 7 heteroatoms. The van der Waals surface area contributed by atoms with Gasteiger partial charge in [-0.05, 0) is 31.3 Å². The number of hydrogen-bond acceptors (Lipinski definition) is 5. The minimum Gasteiger partial charge on any atom is -0.493 e. The van der Waals surface area contributed by atoms with Gasteiger partial charge >= 0.3 is 5.97 Å². The highest BCUT2D eigenvalue weighted by atomic mass is 32.1. The topological polar surface area (TPSA) is 68.8 Å². The first-order chi connectivity index (χ1) is 10.1. The van der Waals surface area contributed by atoms with Crippen LogP contribution in [0.25, 0.3) is 0 Å². The zero-order valence-electron chi connectivity index (χ0n) is 12.4. The minimum atomic E-state index is -0.251. The lowest BCUT2D eigenvalue weighted by Gasteiger charge is -2.13. The number of benzene rings is 1. The van der Waals surface area contributed by atoms with E-state index in [2.05, 4.69) is 10.6 Å². The van der Waals surface area contributed by atoms with Crippen LogP contribution in [0.4, 0.5) is 5.69 Å². The average Bonchev–Trinajstić information content (AvgIpc) is 2.47. The Balaban J connectivity index is 2.46. The highest BCUT2D eigenvalue weighted by molar-refractivity contribution is 7.80. The standard InChI is InChI=1S/C14H20N2O4S/c1-4-20-13(17)7-8-15-14(21)16-10-5-6-11(18-2)12(9-10)19-3/h5-6,9H,4,7-8H2,1-3H3,(H2,15,16,21). The molecule has 0 fully saturated rings. The Morgan fingerprint density at radius 3 is 2.57 bits per heavy atom. The van der Waals surface area contributed by atoms with Crippen LogP contribution < -0.4 is 20.1 Å². The SMILES string of the molecule is CCOC(=O)CCNC(=S)Nc1ccc(OC)c(OC)c1. The van der Waals surface area contributed by atoms with Crippen LogP contribution in [-0.2, 0) is 9.53 Å². The van der Waals surface area contributed by atoms with Crippen LogP contribution in [0.1, 0.15) is 13.3 Å². The molecule has 1 aromatic carbocycles. The monoisotopic (exact) mass is 312 g/mol. The average molecular weight is 312 g/mol. The summed E-state index contributed by atoms with van der Waals surface area (Å²) in [5.74, 6) is 1.000. The van der Waals surface area contributed by atoms with E-state index in [1.165, 1.54) is 0 Å². The minimum absolute atomic E-state index is 0.251. The predicted octanol–water partition coefficient (Wildman–Crippen LogP) is 1.94. The number of ether oxygens (including phenoxy) is 3. The summed E-state index contributed by atoms with van der Waals surface area (Å²) in [6.07, 6.45) is 0.265. The number of carbonyl (C=O) groups is 1. The van der Waals surface area contributed by atoms with Crippen LogP contribution in [-0.4, -0.2) is 38.5 Å². The molecule has 0 aromatic heterocycles. The van der Waals surface area contributed by atoms with E-state index in [-0.39, 0.29) is 12.4 Å². The van der Waals surface area contributed by atoms with Crippen molar-refractivity contribution in [2.24, 2.45) is 0 Å².